The number of para-hydroxylation sites is 2. The molecular formula is C110H140N20. The molecule has 0 saturated heterocycles. The monoisotopic (exact) mass is 1740 g/mol. The number of fused-ring (bicyclic) bond motifs is 10. The number of aryl methyl sites for hydroxylation is 10. The molecule has 18 aromatic heterocycles. The summed E-state index contributed by atoms with van der Waals surface area (Å²) in [6, 6.07) is 47.8. The molecule has 20 aromatic rings. The van der Waals surface area contributed by atoms with E-state index in [9.17, 15) is 0 Å². The summed E-state index contributed by atoms with van der Waals surface area (Å²) in [4.78, 5) is 82.2. The molecule has 20 nitrogen and oxygen atoms in total. The van der Waals surface area contributed by atoms with Crippen LogP contribution < -0.4 is 0 Å². The van der Waals surface area contributed by atoms with Gasteiger partial charge < -0.3 is 0 Å². The lowest BCUT2D eigenvalue weighted by atomic mass is 10.1. The fourth-order valence-corrected chi connectivity index (χ4v) is 11.5. The van der Waals surface area contributed by atoms with Crippen LogP contribution in [0.25, 0.3) is 109 Å². The molecule has 0 aliphatic heterocycles. The number of pyridine rings is 16. The SMILES string of the molecule is CC.CC.CC.CC.CC.CC.CC.CC.CC.CC.Cc1cccc2cncnc12.Cc1ccnc2ncccc12.Cc1cncc2ccncc12.Cc1cncc2cnccc12.Cc1cncc2ncccc12.Cc1nccc2cccnc12.Cc1nccc2ccncc12.Cc1nccc2cnccc12.Cc1nccc2ncccc12.Cc1ncnc2ccccc12. The van der Waals surface area contributed by atoms with Crippen molar-refractivity contribution in [1.82, 2.24) is 99.7 Å². The number of rotatable bonds is 0. The van der Waals surface area contributed by atoms with Crippen LogP contribution in [0.15, 0.2) is 307 Å². The highest BCUT2D eigenvalue weighted by Gasteiger charge is 2.03. The summed E-state index contributed by atoms with van der Waals surface area (Å²) < 4.78 is 0. The molecule has 2 aromatic carbocycles. The molecule has 20 rings (SSSR count). The Hall–Kier alpha value is -14.4. The fourth-order valence-electron chi connectivity index (χ4n) is 11.5. The van der Waals surface area contributed by atoms with Crippen LogP contribution >= 0.6 is 0 Å². The van der Waals surface area contributed by atoms with Crippen LogP contribution in [0.1, 0.15) is 195 Å². The zero-order valence-electron chi connectivity index (χ0n) is 82.8. The van der Waals surface area contributed by atoms with E-state index >= 15 is 0 Å². The highest BCUT2D eigenvalue weighted by atomic mass is 14.8. The normalized spacial score (nSPS) is 9.15. The van der Waals surface area contributed by atoms with Crippen molar-refractivity contribution in [2.24, 2.45) is 0 Å². The van der Waals surface area contributed by atoms with E-state index in [2.05, 4.69) is 133 Å². The van der Waals surface area contributed by atoms with Crippen molar-refractivity contribution >= 4 is 109 Å². The first-order valence-corrected chi connectivity index (χ1v) is 45.3. The van der Waals surface area contributed by atoms with Crippen molar-refractivity contribution < 1.29 is 0 Å². The van der Waals surface area contributed by atoms with Gasteiger partial charge in [0.05, 0.1) is 39.5 Å². The number of benzene rings is 2. The first-order valence-electron chi connectivity index (χ1n) is 45.3. The lowest BCUT2D eigenvalue weighted by Gasteiger charge is -1.97. The van der Waals surface area contributed by atoms with Crippen LogP contribution in [0.5, 0.6) is 0 Å². The molecule has 0 N–H and O–H groups in total. The van der Waals surface area contributed by atoms with E-state index in [4.69, 9.17) is 0 Å². The van der Waals surface area contributed by atoms with Crippen molar-refractivity contribution in [2.45, 2.75) is 208 Å². The molecule has 130 heavy (non-hydrogen) atoms. The van der Waals surface area contributed by atoms with E-state index in [-0.39, 0.29) is 0 Å². The zero-order valence-corrected chi connectivity index (χ0v) is 82.8. The van der Waals surface area contributed by atoms with Gasteiger partial charge in [-0.2, -0.15) is 0 Å². The first-order chi connectivity index (χ1) is 63.8. The van der Waals surface area contributed by atoms with E-state index in [1.54, 1.807) is 93.2 Å². The topological polar surface area (TPSA) is 258 Å². The standard InChI is InChI=1S/10C9H8N2.10C2H6/c1-7-9-3-4-10-6-8(9)2-5-11-7;1-7-9-6-10-4-2-8(9)3-5-11-7;1-7-4-11-6-8-5-10-3-2-9(7)8;1-7-4-11-5-8-2-3-10-6-9(7)8;1-7-8-3-2-5-11-9(8)4-6-10-7;1-7-9-8(4-6-10-7)3-2-5-11-9;1-7-4-6-11-9-8(7)3-2-5-10-9;1-7-5-10-6-9-8(7)3-2-4-11-9;1-7-3-2-4-8-5-10-6-11-9(7)8;1-7-8-4-2-3-5-9(8)11-6-10-7;10*1-2/h10*2-6H,1H3;10*1-2H3. The number of aromatic nitrogens is 20. The molecule has 0 atom stereocenters. The van der Waals surface area contributed by atoms with Crippen molar-refractivity contribution in [3.63, 3.8) is 0 Å². The van der Waals surface area contributed by atoms with Gasteiger partial charge in [0.25, 0.3) is 0 Å². The van der Waals surface area contributed by atoms with E-state index in [0.717, 1.165) is 110 Å². The van der Waals surface area contributed by atoms with Gasteiger partial charge in [0.15, 0.2) is 5.65 Å². The Morgan fingerprint density at radius 1 is 0.154 bits per heavy atom. The Morgan fingerprint density at radius 3 is 1.14 bits per heavy atom. The summed E-state index contributed by atoms with van der Waals surface area (Å²) in [7, 11) is 0. The maximum absolute atomic E-state index is 4.22. The van der Waals surface area contributed by atoms with Crippen LogP contribution in [-0.2, 0) is 0 Å². The lowest BCUT2D eigenvalue weighted by molar-refractivity contribution is 1.15. The second-order valence-corrected chi connectivity index (χ2v) is 25.1. The lowest BCUT2D eigenvalue weighted by Crippen LogP contribution is -1.85. The Kier molecular flexibility index (Phi) is 61.0. The summed E-state index contributed by atoms with van der Waals surface area (Å²) in [5.74, 6) is 0. The summed E-state index contributed by atoms with van der Waals surface area (Å²) in [6.07, 6.45) is 46.7. The second-order valence-electron chi connectivity index (χ2n) is 25.1. The van der Waals surface area contributed by atoms with E-state index < -0.39 is 0 Å². The third kappa shape index (κ3) is 37.6. The van der Waals surface area contributed by atoms with Crippen molar-refractivity contribution in [3.8, 4) is 0 Å². The van der Waals surface area contributed by atoms with Crippen LogP contribution in [0.4, 0.5) is 0 Å². The Labute approximate surface area is 774 Å². The molecule has 0 aliphatic rings. The largest absolute Gasteiger partial charge is 0.264 e. The third-order valence-corrected chi connectivity index (χ3v) is 17.4. The highest BCUT2D eigenvalue weighted by molar-refractivity contribution is 5.87. The minimum Gasteiger partial charge on any atom is -0.264 e. The number of hydrogen-bond donors (Lipinski definition) is 0. The molecule has 0 saturated carbocycles. The van der Waals surface area contributed by atoms with Crippen molar-refractivity contribution in [3.05, 3.63) is 363 Å². The first kappa shape index (κ1) is 114. The molecule has 0 aliphatic carbocycles. The summed E-state index contributed by atoms with van der Waals surface area (Å²) in [5.41, 5.74) is 17.0. The van der Waals surface area contributed by atoms with Gasteiger partial charge in [-0.3, -0.25) is 69.8 Å². The molecule has 680 valence electrons. The molecule has 0 fully saturated rings. The number of nitrogens with zero attached hydrogens (tertiary/aromatic N) is 20. The molecule has 0 radical (unpaired) electrons. The fraction of sp³-hybridized carbons (Fsp3) is 0.273. The van der Waals surface area contributed by atoms with E-state index in [1.807, 2.05) is 389 Å². The third-order valence-electron chi connectivity index (χ3n) is 17.4. The van der Waals surface area contributed by atoms with Gasteiger partial charge in [0.2, 0.25) is 0 Å². The Bertz CT molecular complexity index is 5060. The van der Waals surface area contributed by atoms with Gasteiger partial charge in [-0.25, -0.2) is 29.9 Å². The molecule has 0 spiro atoms. The Balaban J connectivity index is 0.000000706. The molecule has 0 bridgehead atoms. The molecule has 18 heterocycles. The van der Waals surface area contributed by atoms with Gasteiger partial charge in [-0.15, -0.1) is 0 Å². The zero-order chi connectivity index (χ0) is 96.8. The predicted molar refractivity (Wildman–Crippen MR) is 556 cm³/mol. The molecular weight excluding hydrogens is 1600 g/mol. The molecule has 0 unspecified atom stereocenters. The van der Waals surface area contributed by atoms with Crippen LogP contribution in [-0.4, -0.2) is 99.7 Å². The Morgan fingerprint density at radius 2 is 0.554 bits per heavy atom. The predicted octanol–water partition coefficient (Wildman–Crippen LogP) is 29.6. The van der Waals surface area contributed by atoms with Gasteiger partial charge in [0, 0.05) is 230 Å². The van der Waals surface area contributed by atoms with E-state index in [1.165, 1.54) is 54.7 Å². The van der Waals surface area contributed by atoms with Gasteiger partial charge in [0.1, 0.15) is 12.7 Å². The maximum Gasteiger partial charge on any atom is 0.159 e. The minimum absolute atomic E-state index is 0.826. The van der Waals surface area contributed by atoms with Gasteiger partial charge in [-0.1, -0.05) is 187 Å². The summed E-state index contributed by atoms with van der Waals surface area (Å²) >= 11 is 0. The number of hydrogen-bond acceptors (Lipinski definition) is 20. The minimum atomic E-state index is 0.826. The maximum atomic E-state index is 4.22. The van der Waals surface area contributed by atoms with E-state index in [0.29, 0.717) is 0 Å². The van der Waals surface area contributed by atoms with Gasteiger partial charge in [-0.05, 0) is 205 Å². The average molecular weight is 1740 g/mol. The van der Waals surface area contributed by atoms with Crippen molar-refractivity contribution in [1.29, 1.82) is 0 Å². The quantitative estimate of drug-likeness (QED) is 0.137. The molecule has 20 heteroatoms. The second kappa shape index (κ2) is 69.8. The van der Waals surface area contributed by atoms with Crippen LogP contribution in [0.2, 0.25) is 0 Å². The average Bonchev–Trinajstić information content (AvgIpc) is 0.921. The van der Waals surface area contributed by atoms with Crippen molar-refractivity contribution in [2.75, 3.05) is 0 Å². The highest BCUT2D eigenvalue weighted by Crippen LogP contribution is 2.21. The van der Waals surface area contributed by atoms with Gasteiger partial charge >= 0.3 is 0 Å². The summed E-state index contributed by atoms with van der Waals surface area (Å²) in [5, 5.41) is 16.2. The smallest absolute Gasteiger partial charge is 0.159 e. The van der Waals surface area contributed by atoms with Crippen LogP contribution in [0.3, 0.4) is 0 Å². The summed E-state index contributed by atoms with van der Waals surface area (Å²) in [6.45, 7) is 60.2. The van der Waals surface area contributed by atoms with Crippen LogP contribution in [0, 0.1) is 69.2 Å². The molecule has 0 amide bonds.